The normalized spacial score (nSPS) is 19.0. The first kappa shape index (κ1) is 31.9. The van der Waals surface area contributed by atoms with Crippen LogP contribution < -0.4 is 20.1 Å². The number of anilines is 1. The summed E-state index contributed by atoms with van der Waals surface area (Å²) < 4.78 is 47.4. The number of nitrogens with two attached hydrogens (primary N) is 1. The van der Waals surface area contributed by atoms with Crippen molar-refractivity contribution in [3.63, 3.8) is 0 Å². The number of carbonyl (C=O) groups excluding carboxylic acids is 1. The molecule has 1 unspecified atom stereocenters. The third-order valence-corrected chi connectivity index (χ3v) is 6.03. The first-order chi connectivity index (χ1) is 17.5. The number of halogens is 4. The Kier molecular flexibility index (Phi) is 10.4. The van der Waals surface area contributed by atoms with Gasteiger partial charge in [-0.25, -0.2) is 14.6 Å². The Morgan fingerprint density at radius 3 is 2.49 bits per heavy atom. The van der Waals surface area contributed by atoms with Crippen LogP contribution in [-0.4, -0.2) is 48.4 Å². The lowest BCUT2D eigenvalue weighted by atomic mass is 10.0. The number of hydrogen-bond donors (Lipinski definition) is 2. The van der Waals surface area contributed by atoms with Gasteiger partial charge in [0, 0.05) is 5.56 Å². The smallest absolute Gasteiger partial charge is 0.387 e. The van der Waals surface area contributed by atoms with Gasteiger partial charge in [0.05, 0.1) is 19.8 Å². The molecule has 0 spiro atoms. The molecule has 214 valence electrons. The van der Waals surface area contributed by atoms with Crippen LogP contribution in [0.5, 0.6) is 11.5 Å². The second kappa shape index (κ2) is 12.7. The Labute approximate surface area is 235 Å². The summed E-state index contributed by atoms with van der Waals surface area (Å²) in [5.74, 6) is -1.83. The predicted molar refractivity (Wildman–Crippen MR) is 141 cm³/mol. The molecule has 39 heavy (non-hydrogen) atoms. The number of rotatable bonds is 10. The van der Waals surface area contributed by atoms with Gasteiger partial charge in [-0.05, 0) is 62.9 Å². The van der Waals surface area contributed by atoms with Crippen molar-refractivity contribution in [2.24, 2.45) is 11.7 Å². The molecule has 1 aliphatic carbocycles. The standard InChI is InChI=1S/C25H27F2N3O7.2ClH/c1-13(28)21-20(22(31)32)30(19-6-4-5-16(29-19)23(33)34-3)25(2,37-21)15-9-10-17(36-24(26)27)18(11-15)35-12-14-7-8-14;;/h4-6,9-11,13-14,24H,7-8,12,28H2,1-3H3,(H,31,32);2*1H/t13?,25-;;/m0../s1. The molecule has 0 saturated heterocycles. The van der Waals surface area contributed by atoms with E-state index in [-0.39, 0.29) is 59.3 Å². The molecule has 3 N–H and O–H groups in total. The molecule has 2 aromatic rings. The maximum Gasteiger partial charge on any atom is 0.387 e. The quantitative estimate of drug-likeness (QED) is 0.381. The van der Waals surface area contributed by atoms with Crippen LogP contribution in [0.3, 0.4) is 0 Å². The number of pyridine rings is 1. The topological polar surface area (TPSA) is 133 Å². The molecule has 0 amide bonds. The van der Waals surface area contributed by atoms with E-state index in [1.165, 1.54) is 48.4 Å². The SMILES string of the molecule is COC(=O)c1cccc(N2C(C(=O)O)=C(C(C)N)O[C@@]2(C)c2ccc(OC(F)F)c(OCC3CC3)c2)n1.Cl.Cl. The largest absolute Gasteiger partial charge is 0.489 e. The second-order valence-electron chi connectivity index (χ2n) is 8.89. The Morgan fingerprint density at radius 2 is 1.92 bits per heavy atom. The summed E-state index contributed by atoms with van der Waals surface area (Å²) in [6.07, 6.45) is 1.95. The van der Waals surface area contributed by atoms with E-state index in [9.17, 15) is 23.5 Å². The fourth-order valence-electron chi connectivity index (χ4n) is 4.02. The Morgan fingerprint density at radius 1 is 1.23 bits per heavy atom. The summed E-state index contributed by atoms with van der Waals surface area (Å²) in [4.78, 5) is 30.1. The molecule has 1 aliphatic heterocycles. The van der Waals surface area contributed by atoms with Gasteiger partial charge in [-0.15, -0.1) is 24.8 Å². The molecule has 1 aromatic carbocycles. The summed E-state index contributed by atoms with van der Waals surface area (Å²) in [6.45, 7) is 0.381. The highest BCUT2D eigenvalue weighted by molar-refractivity contribution is 5.94. The van der Waals surface area contributed by atoms with Gasteiger partial charge in [-0.3, -0.25) is 4.90 Å². The summed E-state index contributed by atoms with van der Waals surface area (Å²) in [6, 6.07) is 7.83. The molecular formula is C25H29Cl2F2N3O7. The highest BCUT2D eigenvalue weighted by Gasteiger charge is 2.50. The van der Waals surface area contributed by atoms with Crippen molar-refractivity contribution in [3.8, 4) is 11.5 Å². The molecule has 1 aromatic heterocycles. The van der Waals surface area contributed by atoms with Crippen LogP contribution in [0.25, 0.3) is 0 Å². The van der Waals surface area contributed by atoms with Crippen molar-refractivity contribution in [1.82, 2.24) is 4.98 Å². The monoisotopic (exact) mass is 591 g/mol. The fourth-order valence-corrected chi connectivity index (χ4v) is 4.02. The number of hydrogen-bond acceptors (Lipinski definition) is 9. The minimum Gasteiger partial charge on any atom is -0.489 e. The number of carbonyl (C=O) groups is 2. The number of aromatic nitrogens is 1. The van der Waals surface area contributed by atoms with Crippen LogP contribution in [-0.2, 0) is 20.0 Å². The number of carboxylic acids is 1. The lowest BCUT2D eigenvalue weighted by molar-refractivity contribution is -0.132. The van der Waals surface area contributed by atoms with E-state index in [2.05, 4.69) is 9.72 Å². The van der Waals surface area contributed by atoms with Crippen LogP contribution >= 0.6 is 24.8 Å². The molecule has 0 radical (unpaired) electrons. The van der Waals surface area contributed by atoms with Crippen molar-refractivity contribution in [2.75, 3.05) is 18.6 Å². The Balaban J connectivity index is 0.00000267. The molecule has 4 rings (SSSR count). The third kappa shape index (κ3) is 6.63. The highest BCUT2D eigenvalue weighted by atomic mass is 35.5. The molecule has 1 fully saturated rings. The minimum atomic E-state index is -3.07. The van der Waals surface area contributed by atoms with Crippen LogP contribution in [0.4, 0.5) is 14.6 Å². The van der Waals surface area contributed by atoms with Crippen LogP contribution in [0.2, 0.25) is 0 Å². The number of esters is 1. The van der Waals surface area contributed by atoms with E-state index in [1.807, 2.05) is 0 Å². The van der Waals surface area contributed by atoms with Gasteiger partial charge in [-0.2, -0.15) is 8.78 Å². The zero-order chi connectivity index (χ0) is 26.9. The summed E-state index contributed by atoms with van der Waals surface area (Å²) in [7, 11) is 1.20. The lowest BCUT2D eigenvalue weighted by Gasteiger charge is -2.36. The maximum atomic E-state index is 13.0. The number of alkyl halides is 2. The number of carboxylic acid groups (broad SMARTS) is 1. The zero-order valence-electron chi connectivity index (χ0n) is 21.3. The minimum absolute atomic E-state index is 0. The molecular weight excluding hydrogens is 563 g/mol. The predicted octanol–water partition coefficient (Wildman–Crippen LogP) is 4.45. The second-order valence-corrected chi connectivity index (χ2v) is 8.89. The van der Waals surface area contributed by atoms with Gasteiger partial charge in [0.25, 0.3) is 0 Å². The molecule has 2 aliphatic rings. The van der Waals surface area contributed by atoms with Crippen LogP contribution in [0, 0.1) is 5.92 Å². The van der Waals surface area contributed by atoms with E-state index < -0.39 is 30.3 Å². The fraction of sp³-hybridized carbons (Fsp3) is 0.400. The number of ether oxygens (including phenoxy) is 4. The van der Waals surface area contributed by atoms with Gasteiger partial charge >= 0.3 is 18.6 Å². The van der Waals surface area contributed by atoms with Crippen molar-refractivity contribution in [1.29, 1.82) is 0 Å². The Bertz CT molecular complexity index is 1240. The molecule has 10 nitrogen and oxygen atoms in total. The highest BCUT2D eigenvalue weighted by Crippen LogP contribution is 2.47. The third-order valence-electron chi connectivity index (χ3n) is 6.03. The van der Waals surface area contributed by atoms with Gasteiger partial charge in [0.1, 0.15) is 11.6 Å². The Hall–Kier alpha value is -3.35. The number of benzene rings is 1. The lowest BCUT2D eigenvalue weighted by Crippen LogP contribution is -2.43. The van der Waals surface area contributed by atoms with Gasteiger partial charge in [0.2, 0.25) is 5.72 Å². The number of aliphatic carboxylic acids is 1. The molecule has 2 heterocycles. The zero-order valence-corrected chi connectivity index (χ0v) is 22.9. The van der Waals surface area contributed by atoms with Crippen LogP contribution in [0.1, 0.15) is 42.7 Å². The summed E-state index contributed by atoms with van der Waals surface area (Å²) in [5, 5.41) is 10.1. The average Bonchev–Trinajstić information content (AvgIpc) is 3.63. The van der Waals surface area contributed by atoms with Gasteiger partial charge in [-0.1, -0.05) is 6.07 Å². The summed E-state index contributed by atoms with van der Waals surface area (Å²) >= 11 is 0. The maximum absolute atomic E-state index is 13.0. The summed E-state index contributed by atoms with van der Waals surface area (Å²) in [5.41, 5.74) is 4.49. The van der Waals surface area contributed by atoms with Gasteiger partial charge in [0.15, 0.2) is 22.9 Å². The molecule has 2 atom stereocenters. The molecule has 1 saturated carbocycles. The van der Waals surface area contributed by atoms with E-state index in [0.717, 1.165) is 12.8 Å². The van der Waals surface area contributed by atoms with E-state index in [1.54, 1.807) is 13.8 Å². The van der Waals surface area contributed by atoms with Crippen molar-refractivity contribution in [2.45, 2.75) is 45.1 Å². The average molecular weight is 592 g/mol. The number of nitrogens with zero attached hydrogens (tertiary/aromatic N) is 2. The van der Waals surface area contributed by atoms with E-state index in [0.29, 0.717) is 18.1 Å². The molecule has 14 heteroatoms. The van der Waals surface area contributed by atoms with E-state index in [4.69, 9.17) is 19.9 Å². The first-order valence-electron chi connectivity index (χ1n) is 11.5. The molecule has 0 bridgehead atoms. The van der Waals surface area contributed by atoms with Crippen molar-refractivity contribution in [3.05, 3.63) is 59.1 Å². The number of methoxy groups -OCH3 is 1. The van der Waals surface area contributed by atoms with Crippen LogP contribution in [0.15, 0.2) is 47.9 Å². The van der Waals surface area contributed by atoms with Crippen molar-refractivity contribution >= 4 is 42.6 Å². The first-order valence-corrected chi connectivity index (χ1v) is 11.5. The van der Waals surface area contributed by atoms with Gasteiger partial charge < -0.3 is 29.8 Å². The van der Waals surface area contributed by atoms with Crippen molar-refractivity contribution < 1.29 is 42.4 Å². The van der Waals surface area contributed by atoms with E-state index >= 15 is 0 Å².